The SMILES string of the molecule is CC1(C)CON=C1OCc1c(Cl)cccc1[N+](=O)[O-]. The van der Waals surface area contributed by atoms with Gasteiger partial charge in [-0.25, -0.2) is 0 Å². The standard InChI is InChI=1S/C12H13ClN2O4/c1-12(2)7-19-14-11(12)18-6-8-9(13)4-3-5-10(8)15(16)17/h3-5H,6-7H2,1-2H3. The first kappa shape index (κ1) is 13.6. The Morgan fingerprint density at radius 2 is 2.32 bits per heavy atom. The molecule has 1 aliphatic heterocycles. The fourth-order valence-corrected chi connectivity index (χ4v) is 1.89. The molecule has 2 rings (SSSR count). The normalized spacial score (nSPS) is 16.7. The molecule has 0 bridgehead atoms. The highest BCUT2D eigenvalue weighted by molar-refractivity contribution is 6.31. The first-order valence-corrected chi connectivity index (χ1v) is 6.04. The largest absolute Gasteiger partial charge is 0.473 e. The lowest BCUT2D eigenvalue weighted by Crippen LogP contribution is -2.25. The second kappa shape index (κ2) is 5.05. The zero-order valence-electron chi connectivity index (χ0n) is 10.6. The van der Waals surface area contributed by atoms with Gasteiger partial charge in [-0.1, -0.05) is 22.8 Å². The average molecular weight is 285 g/mol. The minimum absolute atomic E-state index is 0.0123. The molecule has 0 unspecified atom stereocenters. The molecule has 0 fully saturated rings. The van der Waals surface area contributed by atoms with Gasteiger partial charge >= 0.3 is 0 Å². The minimum atomic E-state index is -0.483. The zero-order valence-corrected chi connectivity index (χ0v) is 11.3. The Morgan fingerprint density at radius 3 is 2.89 bits per heavy atom. The fraction of sp³-hybridized carbons (Fsp3) is 0.417. The van der Waals surface area contributed by atoms with Crippen molar-refractivity contribution in [2.45, 2.75) is 20.5 Å². The zero-order chi connectivity index (χ0) is 14.0. The van der Waals surface area contributed by atoms with Crippen LogP contribution in [0.3, 0.4) is 0 Å². The van der Waals surface area contributed by atoms with Gasteiger partial charge in [-0.3, -0.25) is 10.1 Å². The summed E-state index contributed by atoms with van der Waals surface area (Å²) in [6.07, 6.45) is 0. The Balaban J connectivity index is 2.18. The van der Waals surface area contributed by atoms with Gasteiger partial charge in [-0.15, -0.1) is 0 Å². The predicted octanol–water partition coefficient (Wildman–Crippen LogP) is 3.13. The van der Waals surface area contributed by atoms with E-state index < -0.39 is 4.92 Å². The monoisotopic (exact) mass is 284 g/mol. The minimum Gasteiger partial charge on any atom is -0.473 e. The summed E-state index contributed by atoms with van der Waals surface area (Å²) in [5.41, 5.74) is -0.0693. The number of nitro benzene ring substituents is 1. The Hall–Kier alpha value is -1.82. The van der Waals surface area contributed by atoms with Crippen LogP contribution < -0.4 is 0 Å². The highest BCUT2D eigenvalue weighted by atomic mass is 35.5. The van der Waals surface area contributed by atoms with Gasteiger partial charge in [0.05, 0.1) is 20.9 Å². The number of nitrogens with zero attached hydrogens (tertiary/aromatic N) is 2. The lowest BCUT2D eigenvalue weighted by Gasteiger charge is -2.17. The van der Waals surface area contributed by atoms with Crippen molar-refractivity contribution in [2.75, 3.05) is 6.61 Å². The molecule has 0 N–H and O–H groups in total. The van der Waals surface area contributed by atoms with Gasteiger partial charge in [0.25, 0.3) is 5.69 Å². The van der Waals surface area contributed by atoms with E-state index >= 15 is 0 Å². The highest BCUT2D eigenvalue weighted by Gasteiger charge is 2.34. The number of hydrogen-bond acceptors (Lipinski definition) is 5. The summed E-state index contributed by atoms with van der Waals surface area (Å²) < 4.78 is 5.51. The summed E-state index contributed by atoms with van der Waals surface area (Å²) in [5.74, 6) is 0.418. The summed E-state index contributed by atoms with van der Waals surface area (Å²) in [6, 6.07) is 4.51. The number of rotatable bonds is 3. The van der Waals surface area contributed by atoms with E-state index in [2.05, 4.69) is 5.16 Å². The van der Waals surface area contributed by atoms with Gasteiger partial charge in [-0.2, -0.15) is 0 Å². The lowest BCUT2D eigenvalue weighted by atomic mass is 9.95. The van der Waals surface area contributed by atoms with Crippen molar-refractivity contribution in [3.63, 3.8) is 0 Å². The molecule has 19 heavy (non-hydrogen) atoms. The molecule has 0 radical (unpaired) electrons. The van der Waals surface area contributed by atoms with Crippen molar-refractivity contribution < 1.29 is 14.5 Å². The summed E-state index contributed by atoms with van der Waals surface area (Å²) in [6.45, 7) is 4.24. The lowest BCUT2D eigenvalue weighted by molar-refractivity contribution is -0.385. The maximum absolute atomic E-state index is 10.9. The molecule has 1 aromatic rings. The Labute approximate surface area is 115 Å². The molecule has 7 heteroatoms. The summed E-state index contributed by atoms with van der Waals surface area (Å²) in [5, 5.41) is 15.0. The van der Waals surface area contributed by atoms with Crippen LogP contribution in [0.5, 0.6) is 0 Å². The molecule has 0 aliphatic carbocycles. The highest BCUT2D eigenvalue weighted by Crippen LogP contribution is 2.30. The van der Waals surface area contributed by atoms with E-state index in [0.29, 0.717) is 23.1 Å². The Bertz CT molecular complexity index is 543. The first-order chi connectivity index (χ1) is 8.92. The molecule has 0 saturated heterocycles. The van der Waals surface area contributed by atoms with Gasteiger partial charge < -0.3 is 9.57 Å². The van der Waals surface area contributed by atoms with Gasteiger partial charge in [0.2, 0.25) is 5.90 Å². The number of benzene rings is 1. The van der Waals surface area contributed by atoms with Crippen molar-refractivity contribution in [1.29, 1.82) is 0 Å². The van der Waals surface area contributed by atoms with Crippen LogP contribution in [0.25, 0.3) is 0 Å². The molecule has 1 aromatic carbocycles. The number of hydrogen-bond donors (Lipinski definition) is 0. The van der Waals surface area contributed by atoms with Crippen LogP contribution in [0.15, 0.2) is 23.4 Å². The van der Waals surface area contributed by atoms with Crippen LogP contribution in [-0.4, -0.2) is 17.4 Å². The van der Waals surface area contributed by atoms with Crippen molar-refractivity contribution >= 4 is 23.2 Å². The molecular formula is C12H13ClN2O4. The number of ether oxygens (including phenoxy) is 1. The Morgan fingerprint density at radius 1 is 1.58 bits per heavy atom. The van der Waals surface area contributed by atoms with Crippen LogP contribution >= 0.6 is 11.6 Å². The average Bonchev–Trinajstić information content (AvgIpc) is 2.66. The van der Waals surface area contributed by atoms with Crippen LogP contribution in [0.1, 0.15) is 19.4 Å². The number of halogens is 1. The van der Waals surface area contributed by atoms with E-state index in [1.165, 1.54) is 12.1 Å². The van der Waals surface area contributed by atoms with Crippen molar-refractivity contribution in [2.24, 2.45) is 10.6 Å². The van der Waals surface area contributed by atoms with Crippen LogP contribution in [0.4, 0.5) is 5.69 Å². The van der Waals surface area contributed by atoms with Gasteiger partial charge in [0.1, 0.15) is 13.2 Å². The third-order valence-corrected chi connectivity index (χ3v) is 3.15. The summed E-state index contributed by atoms with van der Waals surface area (Å²) in [4.78, 5) is 15.4. The predicted molar refractivity (Wildman–Crippen MR) is 70.1 cm³/mol. The van der Waals surface area contributed by atoms with E-state index in [-0.39, 0.29) is 17.7 Å². The molecule has 0 spiro atoms. The van der Waals surface area contributed by atoms with E-state index in [1.54, 1.807) is 6.07 Å². The van der Waals surface area contributed by atoms with Gasteiger partial charge in [0, 0.05) is 6.07 Å². The maximum Gasteiger partial charge on any atom is 0.277 e. The van der Waals surface area contributed by atoms with Crippen molar-refractivity contribution in [3.05, 3.63) is 38.9 Å². The van der Waals surface area contributed by atoms with Crippen LogP contribution in [0.2, 0.25) is 5.02 Å². The van der Waals surface area contributed by atoms with Crippen LogP contribution in [0, 0.1) is 15.5 Å². The quantitative estimate of drug-likeness (QED) is 0.631. The fourth-order valence-electron chi connectivity index (χ4n) is 1.66. The maximum atomic E-state index is 10.9. The second-order valence-electron chi connectivity index (χ2n) is 4.84. The van der Waals surface area contributed by atoms with Crippen molar-refractivity contribution in [1.82, 2.24) is 0 Å². The third kappa shape index (κ3) is 2.78. The molecule has 0 aromatic heterocycles. The number of oxime groups is 1. The molecule has 0 saturated carbocycles. The molecule has 0 amide bonds. The van der Waals surface area contributed by atoms with Gasteiger partial charge in [-0.05, 0) is 19.9 Å². The molecule has 6 nitrogen and oxygen atoms in total. The topological polar surface area (TPSA) is 74.0 Å². The summed E-state index contributed by atoms with van der Waals surface area (Å²) >= 11 is 5.97. The Kier molecular flexibility index (Phi) is 3.61. The summed E-state index contributed by atoms with van der Waals surface area (Å²) in [7, 11) is 0. The molecule has 1 heterocycles. The molecule has 0 atom stereocenters. The molecule has 102 valence electrons. The number of nitro groups is 1. The molecule has 1 aliphatic rings. The smallest absolute Gasteiger partial charge is 0.277 e. The second-order valence-corrected chi connectivity index (χ2v) is 5.24. The van der Waals surface area contributed by atoms with Gasteiger partial charge in [0.15, 0.2) is 0 Å². The van der Waals surface area contributed by atoms with Crippen LogP contribution in [-0.2, 0) is 16.2 Å². The third-order valence-electron chi connectivity index (χ3n) is 2.80. The van der Waals surface area contributed by atoms with E-state index in [4.69, 9.17) is 21.2 Å². The van der Waals surface area contributed by atoms with E-state index in [1.807, 2.05) is 13.8 Å². The van der Waals surface area contributed by atoms with E-state index in [9.17, 15) is 10.1 Å². The van der Waals surface area contributed by atoms with E-state index in [0.717, 1.165) is 0 Å². The first-order valence-electron chi connectivity index (χ1n) is 5.67. The molecular weight excluding hydrogens is 272 g/mol. The van der Waals surface area contributed by atoms with Crippen molar-refractivity contribution in [3.8, 4) is 0 Å².